The molecular formula is C24H28O2Si. The summed E-state index contributed by atoms with van der Waals surface area (Å²) in [7, 11) is -1.73. The van der Waals surface area contributed by atoms with Gasteiger partial charge in [-0.05, 0) is 63.0 Å². The topological polar surface area (TPSA) is 26.3 Å². The zero-order valence-corrected chi connectivity index (χ0v) is 18.1. The number of hydrogen-bond acceptors (Lipinski definition) is 2. The largest absolute Gasteiger partial charge is 0.464 e. The lowest BCUT2D eigenvalue weighted by Gasteiger charge is -2.39. The highest BCUT2D eigenvalue weighted by Crippen LogP contribution is 2.56. The first kappa shape index (κ1) is 18.1. The minimum absolute atomic E-state index is 0.525. The van der Waals surface area contributed by atoms with Gasteiger partial charge >= 0.3 is 0 Å². The fraction of sp³-hybridized carbons (Fsp3) is 0.333. The van der Waals surface area contributed by atoms with Gasteiger partial charge in [-0.1, -0.05) is 47.5 Å². The molecule has 2 aromatic heterocycles. The molecule has 140 valence electrons. The van der Waals surface area contributed by atoms with Crippen molar-refractivity contribution >= 4 is 19.2 Å². The van der Waals surface area contributed by atoms with Crippen molar-refractivity contribution in [3.63, 3.8) is 0 Å². The molecule has 0 aromatic carbocycles. The van der Waals surface area contributed by atoms with Crippen LogP contribution in [0.4, 0.5) is 0 Å². The Morgan fingerprint density at radius 1 is 0.704 bits per heavy atom. The van der Waals surface area contributed by atoms with Gasteiger partial charge in [0, 0.05) is 11.1 Å². The summed E-state index contributed by atoms with van der Waals surface area (Å²) < 4.78 is 11.4. The van der Waals surface area contributed by atoms with E-state index < -0.39 is 8.07 Å². The third kappa shape index (κ3) is 2.76. The van der Waals surface area contributed by atoms with Gasteiger partial charge in [-0.3, -0.25) is 0 Å². The Bertz CT molecular complexity index is 899. The highest BCUT2D eigenvalue weighted by Gasteiger charge is 2.46. The SMILES string of the molecule is CC1=CC(c2ccco2)=C(C)C1[Si](C)(C)C1C(C)=CC(c2ccco2)=C1C. The molecule has 2 atom stereocenters. The first-order valence-electron chi connectivity index (χ1n) is 9.68. The maximum atomic E-state index is 5.71. The molecule has 0 amide bonds. The van der Waals surface area contributed by atoms with Crippen molar-refractivity contribution in [2.45, 2.75) is 51.9 Å². The van der Waals surface area contributed by atoms with Crippen LogP contribution >= 0.6 is 0 Å². The Morgan fingerprint density at radius 2 is 1.11 bits per heavy atom. The van der Waals surface area contributed by atoms with Crippen molar-refractivity contribution in [3.8, 4) is 0 Å². The molecule has 4 rings (SSSR count). The summed E-state index contributed by atoms with van der Waals surface area (Å²) >= 11 is 0. The molecule has 0 spiro atoms. The quantitative estimate of drug-likeness (QED) is 0.517. The number of rotatable bonds is 4. The molecule has 27 heavy (non-hydrogen) atoms. The van der Waals surface area contributed by atoms with Gasteiger partial charge in [-0.15, -0.1) is 0 Å². The van der Waals surface area contributed by atoms with Crippen LogP contribution in [-0.4, -0.2) is 8.07 Å². The molecular weight excluding hydrogens is 348 g/mol. The molecule has 2 aliphatic carbocycles. The molecule has 2 nitrogen and oxygen atoms in total. The van der Waals surface area contributed by atoms with E-state index in [1.54, 1.807) is 12.5 Å². The van der Waals surface area contributed by atoms with E-state index in [4.69, 9.17) is 8.83 Å². The van der Waals surface area contributed by atoms with Gasteiger partial charge in [0.05, 0.1) is 20.6 Å². The van der Waals surface area contributed by atoms with Crippen molar-refractivity contribution < 1.29 is 8.83 Å². The van der Waals surface area contributed by atoms with Crippen LogP contribution in [0.2, 0.25) is 24.2 Å². The summed E-state index contributed by atoms with van der Waals surface area (Å²) in [6, 6.07) is 8.09. The third-order valence-electron chi connectivity index (χ3n) is 6.43. The Balaban J connectivity index is 1.76. The van der Waals surface area contributed by atoms with Crippen LogP contribution in [0.15, 0.2) is 80.1 Å². The molecule has 2 aromatic rings. The summed E-state index contributed by atoms with van der Waals surface area (Å²) in [5.41, 5.74) is 9.47. The van der Waals surface area contributed by atoms with E-state index in [9.17, 15) is 0 Å². The second-order valence-electron chi connectivity index (χ2n) is 8.61. The number of hydrogen-bond donors (Lipinski definition) is 0. The van der Waals surface area contributed by atoms with Crippen LogP contribution in [-0.2, 0) is 0 Å². The van der Waals surface area contributed by atoms with Crippen molar-refractivity contribution in [2.24, 2.45) is 0 Å². The Labute approximate surface area is 163 Å². The van der Waals surface area contributed by atoms with E-state index in [0.29, 0.717) is 11.1 Å². The average molecular weight is 377 g/mol. The van der Waals surface area contributed by atoms with Crippen molar-refractivity contribution in [1.82, 2.24) is 0 Å². The van der Waals surface area contributed by atoms with Crippen molar-refractivity contribution in [3.05, 3.63) is 82.8 Å². The third-order valence-corrected chi connectivity index (χ3v) is 11.2. The van der Waals surface area contributed by atoms with Crippen LogP contribution in [0.1, 0.15) is 39.2 Å². The molecule has 3 heteroatoms. The number of furan rings is 2. The average Bonchev–Trinajstić information content (AvgIpc) is 3.35. The fourth-order valence-electron chi connectivity index (χ4n) is 5.69. The summed E-state index contributed by atoms with van der Waals surface area (Å²) in [6.45, 7) is 14.3. The van der Waals surface area contributed by atoms with Gasteiger partial charge in [0.1, 0.15) is 11.5 Å². The van der Waals surface area contributed by atoms with Gasteiger partial charge in [0.15, 0.2) is 0 Å². The highest BCUT2D eigenvalue weighted by molar-refractivity contribution is 6.83. The molecule has 2 unspecified atom stereocenters. The second kappa shape index (κ2) is 6.41. The monoisotopic (exact) mass is 376 g/mol. The van der Waals surface area contributed by atoms with Gasteiger partial charge in [-0.25, -0.2) is 0 Å². The molecule has 0 radical (unpaired) electrons. The lowest BCUT2D eigenvalue weighted by atomic mass is 10.1. The molecule has 0 saturated heterocycles. The van der Waals surface area contributed by atoms with E-state index in [-0.39, 0.29) is 0 Å². The van der Waals surface area contributed by atoms with Crippen LogP contribution in [0.5, 0.6) is 0 Å². The van der Waals surface area contributed by atoms with E-state index in [1.807, 2.05) is 12.1 Å². The lowest BCUT2D eigenvalue weighted by Crippen LogP contribution is -2.39. The van der Waals surface area contributed by atoms with E-state index in [0.717, 1.165) is 11.5 Å². The van der Waals surface area contributed by atoms with Crippen LogP contribution in [0.3, 0.4) is 0 Å². The van der Waals surface area contributed by atoms with Gasteiger partial charge in [-0.2, -0.15) is 0 Å². The number of allylic oxidation sites excluding steroid dienone is 8. The molecule has 2 aliphatic rings. The maximum absolute atomic E-state index is 5.71. The van der Waals surface area contributed by atoms with Crippen LogP contribution in [0.25, 0.3) is 11.1 Å². The first-order chi connectivity index (χ1) is 12.8. The predicted molar refractivity (Wildman–Crippen MR) is 115 cm³/mol. The minimum atomic E-state index is -1.73. The zero-order chi connectivity index (χ0) is 19.3. The van der Waals surface area contributed by atoms with Crippen LogP contribution in [0, 0.1) is 0 Å². The maximum Gasteiger partial charge on any atom is 0.133 e. The molecule has 0 saturated carbocycles. The molecule has 0 fully saturated rings. The highest BCUT2D eigenvalue weighted by atomic mass is 28.3. The molecule has 0 bridgehead atoms. The first-order valence-corrected chi connectivity index (χ1v) is 12.8. The molecule has 0 aliphatic heterocycles. The molecule has 2 heterocycles. The van der Waals surface area contributed by atoms with E-state index >= 15 is 0 Å². The van der Waals surface area contributed by atoms with Gasteiger partial charge in [0.25, 0.3) is 0 Å². The Hall–Kier alpha value is -2.26. The normalized spacial score (nSPS) is 23.3. The summed E-state index contributed by atoms with van der Waals surface area (Å²) in [4.78, 5) is 0. The Morgan fingerprint density at radius 3 is 1.44 bits per heavy atom. The predicted octanol–water partition coefficient (Wildman–Crippen LogP) is 7.49. The van der Waals surface area contributed by atoms with Gasteiger partial charge in [0.2, 0.25) is 0 Å². The zero-order valence-electron chi connectivity index (χ0n) is 17.1. The standard InChI is InChI=1S/C24H28O2Si/c1-15-13-19(21-9-7-11-25-21)17(3)23(15)27(5,6)24-16(2)14-20(18(24)4)22-10-8-12-26-22/h7-14,23-24H,1-6H3. The van der Waals surface area contributed by atoms with Gasteiger partial charge < -0.3 is 8.83 Å². The smallest absolute Gasteiger partial charge is 0.133 e. The van der Waals surface area contributed by atoms with E-state index in [1.165, 1.54) is 33.4 Å². The summed E-state index contributed by atoms with van der Waals surface area (Å²) in [6.07, 6.45) is 8.21. The summed E-state index contributed by atoms with van der Waals surface area (Å²) in [5, 5.41) is 0. The van der Waals surface area contributed by atoms with Crippen molar-refractivity contribution in [1.29, 1.82) is 0 Å². The lowest BCUT2D eigenvalue weighted by molar-refractivity contribution is 0.553. The Kier molecular flexibility index (Phi) is 4.30. The fourth-order valence-corrected chi connectivity index (χ4v) is 11.1. The summed E-state index contributed by atoms with van der Waals surface area (Å²) in [5.74, 6) is 1.97. The van der Waals surface area contributed by atoms with Crippen LogP contribution < -0.4 is 0 Å². The molecule has 0 N–H and O–H groups in total. The second-order valence-corrected chi connectivity index (χ2v) is 13.4. The minimum Gasteiger partial charge on any atom is -0.464 e. The van der Waals surface area contributed by atoms with Crippen molar-refractivity contribution in [2.75, 3.05) is 0 Å². The van der Waals surface area contributed by atoms with E-state index in [2.05, 4.69) is 65.1 Å².